The Morgan fingerprint density at radius 2 is 1.76 bits per heavy atom. The lowest BCUT2D eigenvalue weighted by Crippen LogP contribution is -2.30. The molecule has 0 aliphatic carbocycles. The van der Waals surface area contributed by atoms with Gasteiger partial charge in [0, 0.05) is 26.2 Å². The van der Waals surface area contributed by atoms with Crippen LogP contribution in [0.3, 0.4) is 0 Å². The van der Waals surface area contributed by atoms with Crippen molar-refractivity contribution in [2.45, 2.75) is 37.2 Å². The molecule has 1 saturated heterocycles. The smallest absolute Gasteiger partial charge is 0.408 e. The van der Waals surface area contributed by atoms with E-state index in [1.807, 2.05) is 18.2 Å². The van der Waals surface area contributed by atoms with E-state index >= 15 is 0 Å². The summed E-state index contributed by atoms with van der Waals surface area (Å²) in [5, 5.41) is 0. The van der Waals surface area contributed by atoms with Crippen LogP contribution in [0.4, 0.5) is 0 Å². The van der Waals surface area contributed by atoms with Crippen LogP contribution < -0.4 is 10.5 Å². The number of nitrogens with zero attached hydrogens (tertiary/aromatic N) is 2. The molecule has 1 aliphatic rings. The van der Waals surface area contributed by atoms with Crippen LogP contribution in [0.5, 0.6) is 0 Å². The molecule has 2 aromatic carbocycles. The minimum absolute atomic E-state index is 0.0767. The zero-order valence-corrected chi connectivity index (χ0v) is 17.2. The van der Waals surface area contributed by atoms with Crippen LogP contribution in [-0.4, -0.2) is 31.0 Å². The predicted octanol–water partition coefficient (Wildman–Crippen LogP) is 2.60. The maximum Gasteiger partial charge on any atom is 0.419 e. The number of nitrogens with one attached hydrogen (secondary N) is 1. The van der Waals surface area contributed by atoms with Gasteiger partial charge in [0.1, 0.15) is 0 Å². The van der Waals surface area contributed by atoms with Crippen molar-refractivity contribution in [3.63, 3.8) is 0 Å². The Bertz CT molecular complexity index is 1170. The van der Waals surface area contributed by atoms with Gasteiger partial charge in [0.05, 0.1) is 10.4 Å². The van der Waals surface area contributed by atoms with E-state index in [0.717, 1.165) is 30.8 Å². The minimum atomic E-state index is -3.74. The SMILES string of the molecule is Cn1c(=O)oc2cc(S(=O)(=O)NCc3ccccc3CN3CCCCC3)ccc21. The lowest BCUT2D eigenvalue weighted by molar-refractivity contribution is 0.220. The topological polar surface area (TPSA) is 84.5 Å². The lowest BCUT2D eigenvalue weighted by Gasteiger charge is -2.27. The molecule has 4 rings (SSSR count). The van der Waals surface area contributed by atoms with Crippen molar-refractivity contribution in [2.24, 2.45) is 7.05 Å². The summed E-state index contributed by atoms with van der Waals surface area (Å²) in [7, 11) is -2.16. The second kappa shape index (κ2) is 8.14. The van der Waals surface area contributed by atoms with Crippen molar-refractivity contribution in [3.8, 4) is 0 Å². The highest BCUT2D eigenvalue weighted by Gasteiger charge is 2.18. The summed E-state index contributed by atoms with van der Waals surface area (Å²) in [6.07, 6.45) is 3.71. The van der Waals surface area contributed by atoms with E-state index < -0.39 is 15.8 Å². The van der Waals surface area contributed by atoms with Crippen molar-refractivity contribution >= 4 is 21.1 Å². The van der Waals surface area contributed by atoms with Crippen LogP contribution in [0, 0.1) is 0 Å². The molecule has 0 amide bonds. The number of likely N-dealkylation sites (tertiary alicyclic amines) is 1. The molecule has 7 nitrogen and oxygen atoms in total. The van der Waals surface area contributed by atoms with Crippen LogP contribution in [0.25, 0.3) is 11.1 Å². The number of sulfonamides is 1. The Morgan fingerprint density at radius 3 is 2.52 bits per heavy atom. The van der Waals surface area contributed by atoms with Gasteiger partial charge in [-0.1, -0.05) is 30.7 Å². The molecule has 1 N–H and O–H groups in total. The average Bonchev–Trinajstić information content (AvgIpc) is 3.01. The molecular weight excluding hydrogens is 390 g/mol. The molecule has 0 unspecified atom stereocenters. The minimum Gasteiger partial charge on any atom is -0.408 e. The van der Waals surface area contributed by atoms with E-state index in [9.17, 15) is 13.2 Å². The molecular formula is C21H25N3O4S. The first kappa shape index (κ1) is 19.9. The van der Waals surface area contributed by atoms with Crippen molar-refractivity contribution in [3.05, 3.63) is 64.1 Å². The number of piperidine rings is 1. The van der Waals surface area contributed by atoms with E-state index in [4.69, 9.17) is 4.42 Å². The first-order chi connectivity index (χ1) is 13.9. The van der Waals surface area contributed by atoms with Gasteiger partial charge in [-0.25, -0.2) is 17.9 Å². The van der Waals surface area contributed by atoms with Crippen LogP contribution in [0.1, 0.15) is 30.4 Å². The molecule has 3 aromatic rings. The van der Waals surface area contributed by atoms with E-state index in [0.29, 0.717) is 5.52 Å². The van der Waals surface area contributed by atoms with Crippen molar-refractivity contribution in [1.82, 2.24) is 14.2 Å². The van der Waals surface area contributed by atoms with Crippen LogP contribution in [0.2, 0.25) is 0 Å². The molecule has 29 heavy (non-hydrogen) atoms. The predicted molar refractivity (Wildman–Crippen MR) is 111 cm³/mol. The third kappa shape index (κ3) is 4.29. The highest BCUT2D eigenvalue weighted by molar-refractivity contribution is 7.89. The Hall–Kier alpha value is -2.42. The summed E-state index contributed by atoms with van der Waals surface area (Å²) in [5.41, 5.74) is 2.92. The average molecular weight is 416 g/mol. The highest BCUT2D eigenvalue weighted by Crippen LogP contribution is 2.20. The van der Waals surface area contributed by atoms with Crippen molar-refractivity contribution in [2.75, 3.05) is 13.1 Å². The summed E-state index contributed by atoms with van der Waals surface area (Å²) in [6, 6.07) is 12.4. The number of rotatable bonds is 6. The number of hydrogen-bond acceptors (Lipinski definition) is 5. The summed E-state index contributed by atoms with van der Waals surface area (Å²) in [4.78, 5) is 14.1. The van der Waals surface area contributed by atoms with Gasteiger partial charge in [-0.05, 0) is 49.2 Å². The monoisotopic (exact) mass is 415 g/mol. The van der Waals surface area contributed by atoms with Crippen molar-refractivity contribution < 1.29 is 12.8 Å². The quantitative estimate of drug-likeness (QED) is 0.669. The summed E-state index contributed by atoms with van der Waals surface area (Å²) in [5.74, 6) is -0.519. The fourth-order valence-electron chi connectivity index (χ4n) is 3.78. The Morgan fingerprint density at radius 1 is 1.03 bits per heavy atom. The zero-order valence-electron chi connectivity index (χ0n) is 16.4. The fourth-order valence-corrected chi connectivity index (χ4v) is 4.80. The largest absolute Gasteiger partial charge is 0.419 e. The molecule has 0 atom stereocenters. The number of fused-ring (bicyclic) bond motifs is 1. The van der Waals surface area contributed by atoms with Gasteiger partial charge in [0.2, 0.25) is 10.0 Å². The first-order valence-electron chi connectivity index (χ1n) is 9.82. The zero-order chi connectivity index (χ0) is 20.4. The third-order valence-corrected chi connectivity index (χ3v) is 6.89. The molecule has 1 aromatic heterocycles. The van der Waals surface area contributed by atoms with E-state index in [1.54, 1.807) is 13.1 Å². The van der Waals surface area contributed by atoms with Crippen LogP contribution in [-0.2, 0) is 30.2 Å². The summed E-state index contributed by atoms with van der Waals surface area (Å²) >= 11 is 0. The second-order valence-corrected chi connectivity index (χ2v) is 9.25. The van der Waals surface area contributed by atoms with E-state index in [2.05, 4.69) is 15.7 Å². The summed E-state index contributed by atoms with van der Waals surface area (Å²) in [6.45, 7) is 3.22. The molecule has 0 radical (unpaired) electrons. The maximum atomic E-state index is 12.8. The third-order valence-electron chi connectivity index (χ3n) is 5.49. The van der Waals surface area contributed by atoms with Gasteiger partial charge in [-0.3, -0.25) is 9.47 Å². The number of aryl methyl sites for hydroxylation is 1. The molecule has 0 spiro atoms. The number of aromatic nitrogens is 1. The molecule has 0 bridgehead atoms. The standard InChI is InChI=1S/C21H25N3O4S/c1-23-19-10-9-18(13-20(19)28-21(23)25)29(26,27)22-14-16-7-3-4-8-17(16)15-24-11-5-2-6-12-24/h3-4,7-10,13,22H,2,5-6,11-12,14-15H2,1H3. The lowest BCUT2D eigenvalue weighted by atomic mass is 10.1. The van der Waals surface area contributed by atoms with Crippen molar-refractivity contribution in [1.29, 1.82) is 0 Å². The van der Waals surface area contributed by atoms with Crippen LogP contribution in [0.15, 0.2) is 56.6 Å². The van der Waals surface area contributed by atoms with E-state index in [-0.39, 0.29) is 17.0 Å². The summed E-state index contributed by atoms with van der Waals surface area (Å²) < 4.78 is 34.7. The Balaban J connectivity index is 1.51. The normalized spacial score (nSPS) is 15.8. The molecule has 1 aliphatic heterocycles. The number of hydrogen-bond donors (Lipinski definition) is 1. The van der Waals surface area contributed by atoms with Crippen LogP contribution >= 0.6 is 0 Å². The molecule has 2 heterocycles. The highest BCUT2D eigenvalue weighted by atomic mass is 32.2. The maximum absolute atomic E-state index is 12.8. The van der Waals surface area contributed by atoms with Gasteiger partial charge in [-0.2, -0.15) is 0 Å². The molecule has 154 valence electrons. The molecule has 8 heteroatoms. The Kier molecular flexibility index (Phi) is 5.58. The van der Waals surface area contributed by atoms with Gasteiger partial charge < -0.3 is 4.42 Å². The first-order valence-corrected chi connectivity index (χ1v) is 11.3. The second-order valence-electron chi connectivity index (χ2n) is 7.49. The molecule has 0 saturated carbocycles. The van der Waals surface area contributed by atoms with Gasteiger partial charge >= 0.3 is 5.76 Å². The van der Waals surface area contributed by atoms with Gasteiger partial charge in [0.25, 0.3) is 0 Å². The van der Waals surface area contributed by atoms with Gasteiger partial charge in [0.15, 0.2) is 5.58 Å². The molecule has 1 fully saturated rings. The fraction of sp³-hybridized carbons (Fsp3) is 0.381. The number of oxazole rings is 1. The Labute approximate surface area is 170 Å². The van der Waals surface area contributed by atoms with E-state index in [1.165, 1.54) is 36.0 Å². The number of benzene rings is 2. The van der Waals surface area contributed by atoms with Gasteiger partial charge in [-0.15, -0.1) is 0 Å².